The predicted octanol–water partition coefficient (Wildman–Crippen LogP) is 4.03. The van der Waals surface area contributed by atoms with Gasteiger partial charge in [0.1, 0.15) is 0 Å². The summed E-state index contributed by atoms with van der Waals surface area (Å²) in [6.07, 6.45) is 5.40. The lowest BCUT2D eigenvalue weighted by atomic mass is 9.79. The Morgan fingerprint density at radius 3 is 2.63 bits per heavy atom. The van der Waals surface area contributed by atoms with Gasteiger partial charge in [-0.05, 0) is 50.3 Å². The lowest BCUT2D eigenvalue weighted by Crippen LogP contribution is -2.31. The van der Waals surface area contributed by atoms with Crippen molar-refractivity contribution >= 4 is 0 Å². The average Bonchev–Trinajstić information content (AvgIpc) is 2.37. The number of nitrogens with one attached hydrogen (secondary N) is 1. The molecule has 2 nitrogen and oxygen atoms in total. The highest BCUT2D eigenvalue weighted by atomic mass is 16.5. The largest absolute Gasteiger partial charge is 0.377 e. The van der Waals surface area contributed by atoms with E-state index in [1.165, 1.54) is 30.4 Å². The lowest BCUT2D eigenvalue weighted by Gasteiger charge is -2.29. The van der Waals surface area contributed by atoms with E-state index < -0.39 is 0 Å². The van der Waals surface area contributed by atoms with Crippen molar-refractivity contribution in [1.29, 1.82) is 0 Å². The van der Waals surface area contributed by atoms with Crippen molar-refractivity contribution in [3.63, 3.8) is 0 Å². The van der Waals surface area contributed by atoms with Crippen molar-refractivity contribution in [2.24, 2.45) is 0 Å². The zero-order valence-corrected chi connectivity index (χ0v) is 12.5. The Morgan fingerprint density at radius 1 is 1.32 bits per heavy atom. The van der Waals surface area contributed by atoms with Gasteiger partial charge < -0.3 is 10.1 Å². The van der Waals surface area contributed by atoms with Crippen LogP contribution in [0.1, 0.15) is 62.6 Å². The Labute approximate surface area is 117 Å². The van der Waals surface area contributed by atoms with Gasteiger partial charge in [0.2, 0.25) is 0 Å². The highest BCUT2D eigenvalue weighted by molar-refractivity contribution is 5.30. The monoisotopic (exact) mass is 261 g/mol. The summed E-state index contributed by atoms with van der Waals surface area (Å²) in [6.45, 7) is 5.04. The molecule has 19 heavy (non-hydrogen) atoms. The van der Waals surface area contributed by atoms with Gasteiger partial charge in [0.15, 0.2) is 0 Å². The summed E-state index contributed by atoms with van der Waals surface area (Å²) in [6, 6.07) is 9.38. The predicted molar refractivity (Wildman–Crippen MR) is 80.5 cm³/mol. The molecule has 1 aromatic rings. The first-order valence-electron chi connectivity index (χ1n) is 7.68. The van der Waals surface area contributed by atoms with Crippen LogP contribution in [0.5, 0.6) is 0 Å². The zero-order valence-electron chi connectivity index (χ0n) is 12.5. The third-order valence-electron chi connectivity index (χ3n) is 4.31. The molecule has 0 spiro atoms. The number of hydrogen-bond donors (Lipinski definition) is 1. The van der Waals surface area contributed by atoms with E-state index in [9.17, 15) is 0 Å². The molecule has 1 fully saturated rings. The summed E-state index contributed by atoms with van der Waals surface area (Å²) in [7, 11) is 2.03. The van der Waals surface area contributed by atoms with Gasteiger partial charge in [0, 0.05) is 6.61 Å². The minimum absolute atomic E-state index is 0.256. The minimum atomic E-state index is 0.256. The first-order chi connectivity index (χ1) is 9.30. The fraction of sp³-hybridized carbons (Fsp3) is 0.647. The molecular weight excluding hydrogens is 234 g/mol. The number of ether oxygens (including phenoxy) is 1. The molecule has 1 aliphatic carbocycles. The number of hydrogen-bond acceptors (Lipinski definition) is 2. The number of rotatable bonds is 7. The van der Waals surface area contributed by atoms with Gasteiger partial charge in [-0.2, -0.15) is 0 Å². The van der Waals surface area contributed by atoms with E-state index in [2.05, 4.69) is 43.4 Å². The van der Waals surface area contributed by atoms with Crippen molar-refractivity contribution in [3.8, 4) is 0 Å². The Kier molecular flexibility index (Phi) is 5.41. The van der Waals surface area contributed by atoms with E-state index in [1.807, 2.05) is 7.05 Å². The van der Waals surface area contributed by atoms with Crippen LogP contribution in [-0.2, 0) is 4.74 Å². The first kappa shape index (κ1) is 14.5. The van der Waals surface area contributed by atoms with Crippen molar-refractivity contribution in [2.45, 2.75) is 57.6 Å². The highest BCUT2D eigenvalue weighted by Gasteiger charge is 2.23. The molecule has 0 aliphatic heterocycles. The van der Waals surface area contributed by atoms with Crippen LogP contribution in [0.4, 0.5) is 0 Å². The second-order valence-corrected chi connectivity index (χ2v) is 5.47. The molecule has 2 heteroatoms. The first-order valence-corrected chi connectivity index (χ1v) is 7.68. The molecule has 2 unspecified atom stereocenters. The Balaban J connectivity index is 2.16. The Morgan fingerprint density at radius 2 is 2.11 bits per heavy atom. The van der Waals surface area contributed by atoms with Crippen LogP contribution in [0, 0.1) is 0 Å². The summed E-state index contributed by atoms with van der Waals surface area (Å²) in [5.41, 5.74) is 2.88. The molecule has 2 atom stereocenters. The van der Waals surface area contributed by atoms with Gasteiger partial charge in [0.05, 0.1) is 12.1 Å². The van der Waals surface area contributed by atoms with E-state index in [-0.39, 0.29) is 6.10 Å². The van der Waals surface area contributed by atoms with E-state index >= 15 is 0 Å². The standard InChI is InChI=1S/C17H27NO/c1-4-16(19-5-2)17(18-3)15-11-7-10-14(12-15)13-8-6-9-13/h7,10-13,16-18H,4-6,8-9H2,1-3H3. The Bertz CT molecular complexity index is 387. The maximum Gasteiger partial charge on any atom is 0.0766 e. The zero-order chi connectivity index (χ0) is 13.7. The minimum Gasteiger partial charge on any atom is -0.377 e. The molecular formula is C17H27NO. The lowest BCUT2D eigenvalue weighted by molar-refractivity contribution is 0.0333. The van der Waals surface area contributed by atoms with Gasteiger partial charge in [-0.25, -0.2) is 0 Å². The molecule has 1 saturated carbocycles. The van der Waals surface area contributed by atoms with Crippen LogP contribution in [0.15, 0.2) is 24.3 Å². The molecule has 2 rings (SSSR count). The van der Waals surface area contributed by atoms with Gasteiger partial charge in [-0.15, -0.1) is 0 Å². The third-order valence-corrected chi connectivity index (χ3v) is 4.31. The van der Waals surface area contributed by atoms with Crippen LogP contribution in [0.2, 0.25) is 0 Å². The fourth-order valence-electron chi connectivity index (χ4n) is 2.98. The molecule has 1 N–H and O–H groups in total. The average molecular weight is 261 g/mol. The molecule has 1 aromatic carbocycles. The number of likely N-dealkylation sites (N-methyl/N-ethyl adjacent to an activating group) is 1. The molecule has 0 bridgehead atoms. The molecule has 106 valence electrons. The maximum atomic E-state index is 5.88. The molecule has 0 saturated heterocycles. The smallest absolute Gasteiger partial charge is 0.0766 e. The van der Waals surface area contributed by atoms with Crippen molar-refractivity contribution < 1.29 is 4.74 Å². The Hall–Kier alpha value is -0.860. The SMILES string of the molecule is CCOC(CC)C(NC)c1cccc(C2CCC2)c1. The summed E-state index contributed by atoms with van der Waals surface area (Å²) in [5, 5.41) is 3.43. The van der Waals surface area contributed by atoms with Crippen LogP contribution in [0.3, 0.4) is 0 Å². The second kappa shape index (κ2) is 7.06. The normalized spacial score (nSPS) is 18.9. The second-order valence-electron chi connectivity index (χ2n) is 5.47. The van der Waals surface area contributed by atoms with Crippen molar-refractivity contribution in [1.82, 2.24) is 5.32 Å². The number of benzene rings is 1. The summed E-state index contributed by atoms with van der Waals surface area (Å²) >= 11 is 0. The van der Waals surface area contributed by atoms with Crippen molar-refractivity contribution in [2.75, 3.05) is 13.7 Å². The molecule has 0 heterocycles. The van der Waals surface area contributed by atoms with Gasteiger partial charge in [-0.1, -0.05) is 37.6 Å². The molecule has 0 aromatic heterocycles. The molecule has 0 radical (unpaired) electrons. The topological polar surface area (TPSA) is 21.3 Å². The highest BCUT2D eigenvalue weighted by Crippen LogP contribution is 2.37. The molecule has 0 amide bonds. The third kappa shape index (κ3) is 3.37. The van der Waals surface area contributed by atoms with Crippen LogP contribution in [0.25, 0.3) is 0 Å². The van der Waals surface area contributed by atoms with Crippen LogP contribution < -0.4 is 5.32 Å². The van der Waals surface area contributed by atoms with Gasteiger partial charge in [0.25, 0.3) is 0 Å². The van der Waals surface area contributed by atoms with E-state index in [0.29, 0.717) is 6.04 Å². The van der Waals surface area contributed by atoms with Crippen LogP contribution >= 0.6 is 0 Å². The van der Waals surface area contributed by atoms with Gasteiger partial charge in [-0.3, -0.25) is 0 Å². The maximum absolute atomic E-state index is 5.88. The quantitative estimate of drug-likeness (QED) is 0.800. The summed E-state index contributed by atoms with van der Waals surface area (Å²) < 4.78 is 5.88. The van der Waals surface area contributed by atoms with E-state index in [4.69, 9.17) is 4.74 Å². The van der Waals surface area contributed by atoms with Gasteiger partial charge >= 0.3 is 0 Å². The summed E-state index contributed by atoms with van der Waals surface area (Å²) in [5.74, 6) is 0.796. The summed E-state index contributed by atoms with van der Waals surface area (Å²) in [4.78, 5) is 0. The van der Waals surface area contributed by atoms with E-state index in [0.717, 1.165) is 18.9 Å². The van der Waals surface area contributed by atoms with Crippen LogP contribution in [-0.4, -0.2) is 19.8 Å². The molecule has 1 aliphatic rings. The van der Waals surface area contributed by atoms with E-state index in [1.54, 1.807) is 0 Å². The van der Waals surface area contributed by atoms with Crippen molar-refractivity contribution in [3.05, 3.63) is 35.4 Å². The fourth-order valence-corrected chi connectivity index (χ4v) is 2.98.